The molecule has 5 heteroatoms. The molecule has 1 heterocycles. The second-order valence-electron chi connectivity index (χ2n) is 3.89. The van der Waals surface area contributed by atoms with Gasteiger partial charge in [0.1, 0.15) is 0 Å². The Balaban J connectivity index is 2.20. The Morgan fingerprint density at radius 2 is 2.18 bits per heavy atom. The average Bonchev–Trinajstić information content (AvgIpc) is 2.68. The highest BCUT2D eigenvalue weighted by Crippen LogP contribution is 2.31. The van der Waals surface area contributed by atoms with Crippen molar-refractivity contribution in [3.63, 3.8) is 0 Å². The molecule has 0 spiro atoms. The van der Waals surface area contributed by atoms with E-state index < -0.39 is 6.10 Å². The molecule has 1 N–H and O–H groups in total. The number of aliphatic hydroxyl groups excluding tert-OH is 1. The molecular weight excluding hydrogens is 259 g/mol. The minimum atomic E-state index is -0.676. The molecule has 1 atom stereocenters. The molecule has 0 aliphatic heterocycles. The second kappa shape index (κ2) is 5.08. The molecule has 3 nitrogen and oxygen atoms in total. The minimum Gasteiger partial charge on any atom is -0.388 e. The number of benzene rings is 1. The number of aryl methyl sites for hydroxylation is 1. The number of halogens is 2. The van der Waals surface area contributed by atoms with Gasteiger partial charge in [-0.2, -0.15) is 5.10 Å². The molecule has 90 valence electrons. The maximum atomic E-state index is 10.1. The van der Waals surface area contributed by atoms with Crippen LogP contribution in [0, 0.1) is 0 Å². The zero-order valence-corrected chi connectivity index (χ0v) is 10.8. The van der Waals surface area contributed by atoms with Crippen LogP contribution in [0.25, 0.3) is 0 Å². The van der Waals surface area contributed by atoms with Gasteiger partial charge in [0, 0.05) is 25.2 Å². The normalized spacial score (nSPS) is 12.7. The van der Waals surface area contributed by atoms with Gasteiger partial charge in [-0.1, -0.05) is 35.3 Å². The maximum absolute atomic E-state index is 10.1. The Morgan fingerprint density at radius 3 is 2.82 bits per heavy atom. The second-order valence-corrected chi connectivity index (χ2v) is 4.67. The Morgan fingerprint density at radius 1 is 1.41 bits per heavy atom. The van der Waals surface area contributed by atoms with Crippen LogP contribution in [0.2, 0.25) is 10.0 Å². The monoisotopic (exact) mass is 270 g/mol. The fourth-order valence-corrected chi connectivity index (χ4v) is 2.12. The number of rotatable bonds is 3. The van der Waals surface area contributed by atoms with Crippen LogP contribution in [0.5, 0.6) is 0 Å². The van der Waals surface area contributed by atoms with E-state index in [0.717, 1.165) is 5.56 Å². The first kappa shape index (κ1) is 12.4. The Bertz CT molecular complexity index is 525. The van der Waals surface area contributed by atoms with E-state index in [-0.39, 0.29) is 0 Å². The minimum absolute atomic E-state index is 0.408. The highest BCUT2D eigenvalue weighted by atomic mass is 35.5. The fourth-order valence-electron chi connectivity index (χ4n) is 1.69. The first-order valence-electron chi connectivity index (χ1n) is 5.17. The zero-order chi connectivity index (χ0) is 12.4. The quantitative estimate of drug-likeness (QED) is 0.931. The van der Waals surface area contributed by atoms with Gasteiger partial charge in [-0.05, 0) is 11.6 Å². The SMILES string of the molecule is Cn1cc(CC(O)c2cccc(Cl)c2Cl)cn1. The van der Waals surface area contributed by atoms with Crippen LogP contribution in [0.3, 0.4) is 0 Å². The summed E-state index contributed by atoms with van der Waals surface area (Å²) in [5.41, 5.74) is 1.60. The summed E-state index contributed by atoms with van der Waals surface area (Å²) in [6.07, 6.45) is 3.38. The molecule has 1 aromatic heterocycles. The van der Waals surface area contributed by atoms with E-state index in [0.29, 0.717) is 22.0 Å². The van der Waals surface area contributed by atoms with E-state index in [2.05, 4.69) is 5.10 Å². The van der Waals surface area contributed by atoms with Gasteiger partial charge >= 0.3 is 0 Å². The lowest BCUT2D eigenvalue weighted by atomic mass is 10.0. The van der Waals surface area contributed by atoms with Crippen molar-refractivity contribution in [3.05, 3.63) is 51.8 Å². The van der Waals surface area contributed by atoms with Crippen molar-refractivity contribution >= 4 is 23.2 Å². The third-order valence-corrected chi connectivity index (χ3v) is 3.36. The van der Waals surface area contributed by atoms with E-state index in [1.165, 1.54) is 0 Å². The molecule has 0 amide bonds. The molecular formula is C12H12Cl2N2O. The molecule has 0 saturated carbocycles. The average molecular weight is 271 g/mol. The van der Waals surface area contributed by atoms with Crippen LogP contribution in [-0.4, -0.2) is 14.9 Å². The lowest BCUT2D eigenvalue weighted by molar-refractivity contribution is 0.178. The van der Waals surface area contributed by atoms with Crippen molar-refractivity contribution in [1.29, 1.82) is 0 Å². The van der Waals surface area contributed by atoms with Crippen LogP contribution in [0.4, 0.5) is 0 Å². The predicted octanol–water partition coefficient (Wildman–Crippen LogP) is 3.00. The number of nitrogens with zero attached hydrogens (tertiary/aromatic N) is 2. The number of hydrogen-bond acceptors (Lipinski definition) is 2. The Labute approximate surface area is 110 Å². The molecule has 17 heavy (non-hydrogen) atoms. The molecule has 0 bridgehead atoms. The van der Waals surface area contributed by atoms with Gasteiger partial charge in [-0.3, -0.25) is 4.68 Å². The van der Waals surface area contributed by atoms with Gasteiger partial charge in [0.2, 0.25) is 0 Å². The van der Waals surface area contributed by atoms with Gasteiger partial charge in [0.05, 0.1) is 22.3 Å². The Kier molecular flexibility index (Phi) is 3.72. The molecule has 0 fully saturated rings. The van der Waals surface area contributed by atoms with Gasteiger partial charge in [-0.15, -0.1) is 0 Å². The van der Waals surface area contributed by atoms with Gasteiger partial charge < -0.3 is 5.11 Å². The summed E-state index contributed by atoms with van der Waals surface area (Å²) in [5.74, 6) is 0. The summed E-state index contributed by atoms with van der Waals surface area (Å²) in [4.78, 5) is 0. The summed E-state index contributed by atoms with van der Waals surface area (Å²) in [6.45, 7) is 0. The molecule has 0 aliphatic rings. The van der Waals surface area contributed by atoms with Crippen molar-refractivity contribution in [1.82, 2.24) is 9.78 Å². The van der Waals surface area contributed by atoms with Crippen LogP contribution < -0.4 is 0 Å². The van der Waals surface area contributed by atoms with Crippen molar-refractivity contribution in [2.45, 2.75) is 12.5 Å². The molecule has 2 aromatic rings. The van der Waals surface area contributed by atoms with E-state index in [1.54, 1.807) is 29.1 Å². The van der Waals surface area contributed by atoms with Crippen LogP contribution >= 0.6 is 23.2 Å². The van der Waals surface area contributed by atoms with E-state index in [4.69, 9.17) is 23.2 Å². The molecule has 1 aromatic carbocycles. The topological polar surface area (TPSA) is 38.0 Å². The number of hydrogen-bond donors (Lipinski definition) is 1. The summed E-state index contributed by atoms with van der Waals surface area (Å²) < 4.78 is 1.70. The van der Waals surface area contributed by atoms with E-state index in [9.17, 15) is 5.11 Å². The summed E-state index contributed by atoms with van der Waals surface area (Å²) in [7, 11) is 1.84. The number of aliphatic hydroxyl groups is 1. The number of aromatic nitrogens is 2. The summed E-state index contributed by atoms with van der Waals surface area (Å²) >= 11 is 12.0. The van der Waals surface area contributed by atoms with Crippen molar-refractivity contribution in [2.75, 3.05) is 0 Å². The highest BCUT2D eigenvalue weighted by Gasteiger charge is 2.14. The van der Waals surface area contributed by atoms with E-state index >= 15 is 0 Å². The van der Waals surface area contributed by atoms with Gasteiger partial charge in [0.25, 0.3) is 0 Å². The lowest BCUT2D eigenvalue weighted by Gasteiger charge is -2.12. The molecule has 0 radical (unpaired) electrons. The third-order valence-electron chi connectivity index (χ3n) is 2.53. The van der Waals surface area contributed by atoms with Crippen LogP contribution in [0.1, 0.15) is 17.2 Å². The predicted molar refractivity (Wildman–Crippen MR) is 68.3 cm³/mol. The molecule has 0 saturated heterocycles. The maximum Gasteiger partial charge on any atom is 0.0846 e. The zero-order valence-electron chi connectivity index (χ0n) is 9.27. The van der Waals surface area contributed by atoms with Gasteiger partial charge in [0.15, 0.2) is 0 Å². The van der Waals surface area contributed by atoms with Crippen LogP contribution in [-0.2, 0) is 13.5 Å². The highest BCUT2D eigenvalue weighted by molar-refractivity contribution is 6.42. The van der Waals surface area contributed by atoms with Gasteiger partial charge in [-0.25, -0.2) is 0 Å². The van der Waals surface area contributed by atoms with E-state index in [1.807, 2.05) is 13.2 Å². The molecule has 0 aliphatic carbocycles. The van der Waals surface area contributed by atoms with Crippen molar-refractivity contribution in [2.24, 2.45) is 7.05 Å². The third kappa shape index (κ3) is 2.80. The molecule has 1 unspecified atom stereocenters. The standard InChI is InChI=1S/C12H12Cl2N2O/c1-16-7-8(6-15-16)5-11(17)9-3-2-4-10(13)12(9)14/h2-4,6-7,11,17H,5H2,1H3. The van der Waals surface area contributed by atoms with Crippen LogP contribution in [0.15, 0.2) is 30.6 Å². The summed E-state index contributed by atoms with van der Waals surface area (Å²) in [5, 5.41) is 15.0. The van der Waals surface area contributed by atoms with Crippen molar-refractivity contribution in [3.8, 4) is 0 Å². The fraction of sp³-hybridized carbons (Fsp3) is 0.250. The lowest BCUT2D eigenvalue weighted by Crippen LogP contribution is -2.02. The summed E-state index contributed by atoms with van der Waals surface area (Å²) in [6, 6.07) is 5.25. The van der Waals surface area contributed by atoms with Crippen molar-refractivity contribution < 1.29 is 5.11 Å². The largest absolute Gasteiger partial charge is 0.388 e. The Hall–Kier alpha value is -1.03. The molecule has 2 rings (SSSR count). The first-order chi connectivity index (χ1) is 8.08. The smallest absolute Gasteiger partial charge is 0.0846 e. The first-order valence-corrected chi connectivity index (χ1v) is 5.93.